The van der Waals surface area contributed by atoms with Crippen LogP contribution in [-0.4, -0.2) is 29.5 Å². The maximum atomic E-state index is 11.6. The summed E-state index contributed by atoms with van der Waals surface area (Å²) in [6.45, 7) is 0.169. The molecular formula is C11H14N2O3S. The number of aliphatic hydroxyl groups excluding tert-OH is 1. The molecule has 1 unspecified atom stereocenters. The van der Waals surface area contributed by atoms with Gasteiger partial charge in [-0.2, -0.15) is 11.3 Å². The summed E-state index contributed by atoms with van der Waals surface area (Å²) in [4.78, 5) is 22.6. The summed E-state index contributed by atoms with van der Waals surface area (Å²) in [7, 11) is 0. The van der Waals surface area contributed by atoms with E-state index in [1.165, 1.54) is 11.3 Å². The first kappa shape index (κ1) is 12.1. The lowest BCUT2D eigenvalue weighted by Gasteiger charge is -2.13. The number of hydrogen-bond donors (Lipinski definition) is 3. The third-order valence-corrected chi connectivity index (χ3v) is 3.41. The number of amides is 2. The van der Waals surface area contributed by atoms with Gasteiger partial charge >= 0.3 is 0 Å². The Morgan fingerprint density at radius 2 is 2.53 bits per heavy atom. The highest BCUT2D eigenvalue weighted by molar-refractivity contribution is 7.07. The van der Waals surface area contributed by atoms with Crippen molar-refractivity contribution in [3.63, 3.8) is 0 Å². The molecule has 6 heteroatoms. The standard InChI is InChI=1S/C11H14N2O3S/c14-9(7-3-4-17-6-7)5-12-11(16)8-1-2-10(15)13-8/h3-4,6,8-9,14H,1-2,5H2,(H,12,16)(H,13,15)/t8-,9?/m1/s1. The van der Waals surface area contributed by atoms with Crippen molar-refractivity contribution in [2.45, 2.75) is 25.0 Å². The lowest BCUT2D eigenvalue weighted by Crippen LogP contribution is -2.42. The molecule has 5 nitrogen and oxygen atoms in total. The first-order chi connectivity index (χ1) is 8.16. The van der Waals surface area contributed by atoms with Crippen LogP contribution in [0.2, 0.25) is 0 Å². The molecule has 0 spiro atoms. The smallest absolute Gasteiger partial charge is 0.242 e. The van der Waals surface area contributed by atoms with E-state index < -0.39 is 12.1 Å². The molecule has 2 amide bonds. The first-order valence-electron chi connectivity index (χ1n) is 5.44. The summed E-state index contributed by atoms with van der Waals surface area (Å²) in [6, 6.07) is 1.37. The Hall–Kier alpha value is -1.40. The van der Waals surface area contributed by atoms with Gasteiger partial charge in [0.15, 0.2) is 0 Å². The van der Waals surface area contributed by atoms with Crippen molar-refractivity contribution in [2.75, 3.05) is 6.54 Å². The van der Waals surface area contributed by atoms with Crippen LogP contribution in [0.4, 0.5) is 0 Å². The second-order valence-corrected chi connectivity index (χ2v) is 4.76. The molecule has 1 aromatic heterocycles. The SMILES string of the molecule is O=C1CC[C@H](C(=O)NCC(O)c2ccsc2)N1. The molecule has 0 saturated carbocycles. The van der Waals surface area contributed by atoms with Gasteiger partial charge in [0.25, 0.3) is 0 Å². The molecule has 3 N–H and O–H groups in total. The van der Waals surface area contributed by atoms with Crippen molar-refractivity contribution in [1.29, 1.82) is 0 Å². The fourth-order valence-corrected chi connectivity index (χ4v) is 2.42. The van der Waals surface area contributed by atoms with Gasteiger partial charge in [0, 0.05) is 13.0 Å². The monoisotopic (exact) mass is 254 g/mol. The topological polar surface area (TPSA) is 78.4 Å². The highest BCUT2D eigenvalue weighted by Gasteiger charge is 2.27. The van der Waals surface area contributed by atoms with Gasteiger partial charge in [0.1, 0.15) is 6.04 Å². The lowest BCUT2D eigenvalue weighted by atomic mass is 10.2. The van der Waals surface area contributed by atoms with E-state index in [2.05, 4.69) is 10.6 Å². The molecule has 1 fully saturated rings. The van der Waals surface area contributed by atoms with Crippen molar-refractivity contribution >= 4 is 23.2 Å². The fraction of sp³-hybridized carbons (Fsp3) is 0.455. The van der Waals surface area contributed by atoms with Gasteiger partial charge < -0.3 is 15.7 Å². The number of carbonyl (C=O) groups excluding carboxylic acids is 2. The number of aliphatic hydroxyl groups is 1. The largest absolute Gasteiger partial charge is 0.387 e. The summed E-state index contributed by atoms with van der Waals surface area (Å²) in [6.07, 6.45) is 0.229. The van der Waals surface area contributed by atoms with Gasteiger partial charge in [-0.3, -0.25) is 9.59 Å². The molecule has 17 heavy (non-hydrogen) atoms. The summed E-state index contributed by atoms with van der Waals surface area (Å²) in [5.74, 6) is -0.325. The average molecular weight is 254 g/mol. The quantitative estimate of drug-likeness (QED) is 0.717. The molecule has 2 atom stereocenters. The predicted molar refractivity (Wildman–Crippen MR) is 63.5 cm³/mol. The second-order valence-electron chi connectivity index (χ2n) is 3.98. The van der Waals surface area contributed by atoms with Gasteiger partial charge in [0.2, 0.25) is 11.8 Å². The van der Waals surface area contributed by atoms with E-state index in [9.17, 15) is 14.7 Å². The molecule has 92 valence electrons. The summed E-state index contributed by atoms with van der Waals surface area (Å²) in [5.41, 5.74) is 0.797. The summed E-state index contributed by atoms with van der Waals surface area (Å²) >= 11 is 1.50. The fourth-order valence-electron chi connectivity index (χ4n) is 1.71. The van der Waals surface area contributed by atoms with E-state index in [4.69, 9.17) is 0 Å². The molecule has 0 bridgehead atoms. The van der Waals surface area contributed by atoms with Crippen molar-refractivity contribution in [2.24, 2.45) is 0 Å². The molecule has 2 heterocycles. The van der Waals surface area contributed by atoms with E-state index >= 15 is 0 Å². The summed E-state index contributed by atoms with van der Waals surface area (Å²) in [5, 5.41) is 18.7. The normalized spacial score (nSPS) is 21.0. The zero-order valence-corrected chi connectivity index (χ0v) is 10.00. The first-order valence-corrected chi connectivity index (χ1v) is 6.38. The molecule has 0 radical (unpaired) electrons. The van der Waals surface area contributed by atoms with E-state index in [-0.39, 0.29) is 18.4 Å². The van der Waals surface area contributed by atoms with Gasteiger partial charge in [-0.05, 0) is 28.8 Å². The van der Waals surface area contributed by atoms with Crippen LogP contribution in [0.15, 0.2) is 16.8 Å². The molecule has 0 aromatic carbocycles. The van der Waals surface area contributed by atoms with Crippen LogP contribution in [0.1, 0.15) is 24.5 Å². The minimum atomic E-state index is -0.692. The molecule has 0 aliphatic carbocycles. The molecule has 1 saturated heterocycles. The highest BCUT2D eigenvalue weighted by Crippen LogP contribution is 2.15. The number of thiophene rings is 1. The lowest BCUT2D eigenvalue weighted by molar-refractivity contribution is -0.126. The van der Waals surface area contributed by atoms with E-state index in [1.807, 2.05) is 16.8 Å². The van der Waals surface area contributed by atoms with Crippen molar-refractivity contribution < 1.29 is 14.7 Å². The van der Waals surface area contributed by atoms with Crippen LogP contribution in [0.3, 0.4) is 0 Å². The van der Waals surface area contributed by atoms with Gasteiger partial charge in [-0.15, -0.1) is 0 Å². The van der Waals surface area contributed by atoms with Crippen molar-refractivity contribution in [1.82, 2.24) is 10.6 Å². The Kier molecular flexibility index (Phi) is 3.75. The molecule has 1 aliphatic heterocycles. The highest BCUT2D eigenvalue weighted by atomic mass is 32.1. The minimum Gasteiger partial charge on any atom is -0.387 e. The third-order valence-electron chi connectivity index (χ3n) is 2.71. The van der Waals surface area contributed by atoms with E-state index in [0.717, 1.165) is 5.56 Å². The number of nitrogens with one attached hydrogen (secondary N) is 2. The van der Waals surface area contributed by atoms with Crippen LogP contribution < -0.4 is 10.6 Å². The molecule has 1 aromatic rings. The summed E-state index contributed by atoms with van der Waals surface area (Å²) < 4.78 is 0. The Labute approximate surface area is 103 Å². The number of rotatable bonds is 4. The van der Waals surface area contributed by atoms with E-state index in [0.29, 0.717) is 12.8 Å². The Balaban J connectivity index is 1.78. The predicted octanol–water partition coefficient (Wildman–Crippen LogP) is 0.176. The second kappa shape index (κ2) is 5.29. The zero-order valence-electron chi connectivity index (χ0n) is 9.18. The van der Waals surface area contributed by atoms with Gasteiger partial charge in [0.05, 0.1) is 6.10 Å². The van der Waals surface area contributed by atoms with Crippen molar-refractivity contribution in [3.8, 4) is 0 Å². The molecule has 1 aliphatic rings. The van der Waals surface area contributed by atoms with Crippen LogP contribution in [0, 0.1) is 0 Å². The third kappa shape index (κ3) is 3.04. The van der Waals surface area contributed by atoms with Crippen LogP contribution in [0.5, 0.6) is 0 Å². The van der Waals surface area contributed by atoms with Crippen LogP contribution in [0.25, 0.3) is 0 Å². The number of carbonyl (C=O) groups is 2. The average Bonchev–Trinajstić information content (AvgIpc) is 2.95. The molecular weight excluding hydrogens is 240 g/mol. The molecule has 2 rings (SSSR count). The van der Waals surface area contributed by atoms with Gasteiger partial charge in [-0.25, -0.2) is 0 Å². The maximum Gasteiger partial charge on any atom is 0.242 e. The van der Waals surface area contributed by atoms with Gasteiger partial charge in [-0.1, -0.05) is 0 Å². The van der Waals surface area contributed by atoms with Crippen LogP contribution in [-0.2, 0) is 9.59 Å². The van der Waals surface area contributed by atoms with E-state index in [1.54, 1.807) is 0 Å². The Bertz CT molecular complexity index is 405. The Morgan fingerprint density at radius 3 is 3.12 bits per heavy atom. The minimum absolute atomic E-state index is 0.0940. The van der Waals surface area contributed by atoms with Crippen LogP contribution >= 0.6 is 11.3 Å². The zero-order chi connectivity index (χ0) is 12.3. The Morgan fingerprint density at radius 1 is 1.71 bits per heavy atom. The van der Waals surface area contributed by atoms with Crippen molar-refractivity contribution in [3.05, 3.63) is 22.4 Å². The maximum absolute atomic E-state index is 11.6. The number of hydrogen-bond acceptors (Lipinski definition) is 4.